The van der Waals surface area contributed by atoms with Gasteiger partial charge in [-0.05, 0) is 13.8 Å². The van der Waals surface area contributed by atoms with E-state index < -0.39 is 18.5 Å². The third-order valence-electron chi connectivity index (χ3n) is 2.91. The number of methoxy groups -OCH3 is 1. The highest BCUT2D eigenvalue weighted by Crippen LogP contribution is 1.95. The van der Waals surface area contributed by atoms with E-state index in [2.05, 4.69) is 5.32 Å². The van der Waals surface area contributed by atoms with Gasteiger partial charge in [0.25, 0.3) is 0 Å². The maximum absolute atomic E-state index is 11.8. The molecule has 0 atom stereocenters. The molecule has 2 N–H and O–H groups in total. The third kappa shape index (κ3) is 8.13. The molecule has 0 aromatic heterocycles. The largest absolute Gasteiger partial charge is 0.480 e. The number of carboxylic acids is 1. The zero-order valence-corrected chi connectivity index (χ0v) is 12.9. The Balaban J connectivity index is 4.23. The first-order valence-corrected chi connectivity index (χ1v) is 6.97. The highest BCUT2D eigenvalue weighted by Gasteiger charge is 2.17. The molecule has 0 bridgehead atoms. The van der Waals surface area contributed by atoms with Gasteiger partial charge < -0.3 is 25.0 Å². The van der Waals surface area contributed by atoms with Gasteiger partial charge in [-0.2, -0.15) is 0 Å². The van der Waals surface area contributed by atoms with Gasteiger partial charge in [-0.15, -0.1) is 0 Å². The number of carbonyl (C=O) groups excluding carboxylic acids is 2. The van der Waals surface area contributed by atoms with Crippen molar-refractivity contribution in [3.05, 3.63) is 0 Å². The molecule has 21 heavy (non-hydrogen) atoms. The molecule has 0 saturated carbocycles. The molecule has 0 aliphatic heterocycles. The lowest BCUT2D eigenvalue weighted by Gasteiger charge is -2.22. The first kappa shape index (κ1) is 19.2. The first-order chi connectivity index (χ1) is 9.96. The zero-order chi connectivity index (χ0) is 16.3. The van der Waals surface area contributed by atoms with Crippen molar-refractivity contribution in [2.75, 3.05) is 46.4 Å². The van der Waals surface area contributed by atoms with Crippen LogP contribution in [0.15, 0.2) is 0 Å². The summed E-state index contributed by atoms with van der Waals surface area (Å²) >= 11 is 0. The van der Waals surface area contributed by atoms with Crippen LogP contribution in [0.4, 0.5) is 4.79 Å². The van der Waals surface area contributed by atoms with Crippen molar-refractivity contribution in [3.8, 4) is 0 Å². The number of rotatable bonds is 10. The second kappa shape index (κ2) is 10.9. The Morgan fingerprint density at radius 2 is 1.76 bits per heavy atom. The van der Waals surface area contributed by atoms with Crippen molar-refractivity contribution in [1.29, 1.82) is 0 Å². The minimum Gasteiger partial charge on any atom is -0.480 e. The number of carboxylic acid groups (broad SMARTS) is 1. The number of hydrogen-bond acceptors (Lipinski definition) is 4. The van der Waals surface area contributed by atoms with Gasteiger partial charge in [0.2, 0.25) is 5.91 Å². The van der Waals surface area contributed by atoms with Crippen LogP contribution in [-0.2, 0) is 14.3 Å². The molecule has 0 saturated heterocycles. The van der Waals surface area contributed by atoms with Crippen LogP contribution >= 0.6 is 0 Å². The van der Waals surface area contributed by atoms with E-state index in [-0.39, 0.29) is 32.0 Å². The molecule has 0 aromatic carbocycles. The molecular weight excluding hydrogens is 278 g/mol. The van der Waals surface area contributed by atoms with Crippen LogP contribution in [0.25, 0.3) is 0 Å². The number of amides is 3. The number of ether oxygens (including phenoxy) is 1. The molecule has 8 nitrogen and oxygen atoms in total. The molecule has 0 fully saturated rings. The van der Waals surface area contributed by atoms with Gasteiger partial charge in [0.05, 0.1) is 6.61 Å². The summed E-state index contributed by atoms with van der Waals surface area (Å²) in [6.07, 6.45) is 0.193. The van der Waals surface area contributed by atoms with Gasteiger partial charge in [-0.3, -0.25) is 9.59 Å². The molecule has 0 radical (unpaired) electrons. The fourth-order valence-corrected chi connectivity index (χ4v) is 1.74. The summed E-state index contributed by atoms with van der Waals surface area (Å²) in [5.41, 5.74) is 0. The number of aliphatic carboxylic acids is 1. The summed E-state index contributed by atoms with van der Waals surface area (Å²) in [4.78, 5) is 37.1. The van der Waals surface area contributed by atoms with E-state index in [0.717, 1.165) is 4.90 Å². The third-order valence-corrected chi connectivity index (χ3v) is 2.91. The lowest BCUT2D eigenvalue weighted by molar-refractivity contribution is -0.137. The van der Waals surface area contributed by atoms with E-state index in [4.69, 9.17) is 9.84 Å². The predicted octanol–water partition coefficient (Wildman–Crippen LogP) is -0.0125. The highest BCUT2D eigenvalue weighted by molar-refractivity contribution is 5.81. The van der Waals surface area contributed by atoms with Crippen LogP contribution in [-0.4, -0.2) is 79.3 Å². The van der Waals surface area contributed by atoms with E-state index in [9.17, 15) is 14.4 Å². The lowest BCUT2D eigenvalue weighted by atomic mass is 10.3. The van der Waals surface area contributed by atoms with Crippen molar-refractivity contribution >= 4 is 17.9 Å². The maximum Gasteiger partial charge on any atom is 0.323 e. The van der Waals surface area contributed by atoms with Gasteiger partial charge in [-0.1, -0.05) is 0 Å². The molecule has 0 heterocycles. The van der Waals surface area contributed by atoms with Gasteiger partial charge >= 0.3 is 12.0 Å². The quantitative estimate of drug-likeness (QED) is 0.591. The van der Waals surface area contributed by atoms with Crippen LogP contribution in [0, 0.1) is 0 Å². The molecule has 0 rings (SSSR count). The van der Waals surface area contributed by atoms with Crippen LogP contribution in [0.1, 0.15) is 20.3 Å². The summed E-state index contributed by atoms with van der Waals surface area (Å²) in [5.74, 6) is -1.14. The van der Waals surface area contributed by atoms with Crippen LogP contribution in [0.2, 0.25) is 0 Å². The van der Waals surface area contributed by atoms with Crippen molar-refractivity contribution in [3.63, 3.8) is 0 Å². The number of nitrogens with one attached hydrogen (secondary N) is 1. The minimum absolute atomic E-state index is 0.0398. The Kier molecular flexibility index (Phi) is 9.95. The van der Waals surface area contributed by atoms with Crippen LogP contribution < -0.4 is 5.32 Å². The standard InChI is InChI=1S/C13H25N3O5/c1-4-15(5-2)11(17)6-7-14-13(20)16(8-9-21-3)10-12(18)19/h4-10H2,1-3H3,(H,14,20)(H,18,19). The Morgan fingerprint density at radius 3 is 2.24 bits per heavy atom. The van der Waals surface area contributed by atoms with Crippen LogP contribution in [0.5, 0.6) is 0 Å². The summed E-state index contributed by atoms with van der Waals surface area (Å²) in [5, 5.41) is 11.3. The summed E-state index contributed by atoms with van der Waals surface area (Å²) in [6.45, 7) is 5.23. The molecule has 0 aliphatic rings. The lowest BCUT2D eigenvalue weighted by Crippen LogP contribution is -2.45. The van der Waals surface area contributed by atoms with Crippen molar-refractivity contribution in [2.24, 2.45) is 0 Å². The Bertz CT molecular complexity index is 345. The van der Waals surface area contributed by atoms with Gasteiger partial charge in [0.1, 0.15) is 6.54 Å². The predicted molar refractivity (Wildman–Crippen MR) is 77.0 cm³/mol. The number of hydrogen-bond donors (Lipinski definition) is 2. The minimum atomic E-state index is -1.10. The normalized spacial score (nSPS) is 10.0. The van der Waals surface area contributed by atoms with Gasteiger partial charge in [-0.25, -0.2) is 4.79 Å². The number of urea groups is 1. The molecule has 8 heteroatoms. The molecule has 0 aliphatic carbocycles. The summed E-state index contributed by atoms with van der Waals surface area (Å²) in [7, 11) is 1.47. The van der Waals surface area contributed by atoms with E-state index in [1.165, 1.54) is 7.11 Å². The molecule has 3 amide bonds. The summed E-state index contributed by atoms with van der Waals surface area (Å²) < 4.78 is 4.83. The zero-order valence-electron chi connectivity index (χ0n) is 12.9. The molecular formula is C13H25N3O5. The Hall–Kier alpha value is -1.83. The van der Waals surface area contributed by atoms with Gasteiger partial charge in [0.15, 0.2) is 0 Å². The van der Waals surface area contributed by atoms with Gasteiger partial charge in [0, 0.05) is 39.7 Å². The average molecular weight is 303 g/mol. The average Bonchev–Trinajstić information content (AvgIpc) is 2.44. The van der Waals surface area contributed by atoms with E-state index in [0.29, 0.717) is 13.1 Å². The van der Waals surface area contributed by atoms with Crippen LogP contribution in [0.3, 0.4) is 0 Å². The molecule has 0 unspecified atom stereocenters. The fourth-order valence-electron chi connectivity index (χ4n) is 1.74. The molecule has 122 valence electrons. The van der Waals surface area contributed by atoms with Crippen molar-refractivity contribution in [1.82, 2.24) is 15.1 Å². The number of carbonyl (C=O) groups is 3. The Labute approximate surface area is 125 Å². The highest BCUT2D eigenvalue weighted by atomic mass is 16.5. The fraction of sp³-hybridized carbons (Fsp3) is 0.769. The smallest absolute Gasteiger partial charge is 0.323 e. The topological polar surface area (TPSA) is 99.2 Å². The second-order valence-electron chi connectivity index (χ2n) is 4.36. The van der Waals surface area contributed by atoms with Crippen molar-refractivity contribution in [2.45, 2.75) is 20.3 Å². The number of nitrogens with zero attached hydrogens (tertiary/aromatic N) is 2. The van der Waals surface area contributed by atoms with E-state index >= 15 is 0 Å². The second-order valence-corrected chi connectivity index (χ2v) is 4.36. The maximum atomic E-state index is 11.8. The monoisotopic (exact) mass is 303 g/mol. The summed E-state index contributed by atoms with van der Waals surface area (Å²) in [6, 6.07) is -0.512. The van der Waals surface area contributed by atoms with E-state index in [1.54, 1.807) is 4.90 Å². The first-order valence-electron chi connectivity index (χ1n) is 6.97. The molecule has 0 spiro atoms. The van der Waals surface area contributed by atoms with E-state index in [1.807, 2.05) is 13.8 Å². The molecule has 0 aromatic rings. The van der Waals surface area contributed by atoms with Crippen molar-refractivity contribution < 1.29 is 24.2 Å². The SMILES string of the molecule is CCN(CC)C(=O)CCNC(=O)N(CCOC)CC(=O)O. The Morgan fingerprint density at radius 1 is 1.14 bits per heavy atom.